The van der Waals surface area contributed by atoms with E-state index in [1.54, 1.807) is 0 Å². The molecule has 0 aromatic rings. The predicted octanol–water partition coefficient (Wildman–Crippen LogP) is 3.23. The largest absolute Gasteiger partial charge is 0.481 e. The van der Waals surface area contributed by atoms with E-state index in [1.165, 1.54) is 25.7 Å². The van der Waals surface area contributed by atoms with Gasteiger partial charge in [-0.25, -0.2) is 0 Å². The predicted molar refractivity (Wildman–Crippen MR) is 57.1 cm³/mol. The van der Waals surface area contributed by atoms with Gasteiger partial charge in [0.1, 0.15) is 0 Å². The molecule has 0 aromatic heterocycles. The van der Waals surface area contributed by atoms with Crippen molar-refractivity contribution in [1.29, 1.82) is 0 Å². The van der Waals surface area contributed by atoms with Gasteiger partial charge in [0.2, 0.25) is 0 Å². The van der Waals surface area contributed by atoms with E-state index >= 15 is 0 Å². The molecule has 14 heavy (non-hydrogen) atoms. The van der Waals surface area contributed by atoms with Crippen LogP contribution in [0.2, 0.25) is 0 Å². The second-order valence-corrected chi connectivity index (χ2v) is 4.17. The Morgan fingerprint density at radius 2 is 2.14 bits per heavy atom. The molecule has 2 heteroatoms. The van der Waals surface area contributed by atoms with Crippen molar-refractivity contribution in [3.8, 4) is 0 Å². The summed E-state index contributed by atoms with van der Waals surface area (Å²) in [7, 11) is 0. The highest BCUT2D eigenvalue weighted by Gasteiger charge is 2.22. The first-order chi connectivity index (χ1) is 6.74. The summed E-state index contributed by atoms with van der Waals surface area (Å²) in [6.07, 6.45) is 10.6. The molecule has 1 aliphatic carbocycles. The summed E-state index contributed by atoms with van der Waals surface area (Å²) in [5.74, 6) is 0.582. The molecule has 1 saturated carbocycles. The minimum Gasteiger partial charge on any atom is -0.481 e. The first kappa shape index (κ1) is 11.3. The van der Waals surface area contributed by atoms with Crippen molar-refractivity contribution >= 4 is 5.97 Å². The average Bonchev–Trinajstić information content (AvgIpc) is 2.17. The van der Waals surface area contributed by atoms with Crippen molar-refractivity contribution in [3.05, 3.63) is 12.2 Å². The maximum absolute atomic E-state index is 10.5. The lowest BCUT2D eigenvalue weighted by Gasteiger charge is -2.29. The van der Waals surface area contributed by atoms with E-state index in [4.69, 9.17) is 5.11 Å². The van der Waals surface area contributed by atoms with Gasteiger partial charge in [-0.2, -0.15) is 0 Å². The molecule has 80 valence electrons. The fourth-order valence-electron chi connectivity index (χ4n) is 2.40. The van der Waals surface area contributed by atoms with Crippen LogP contribution in [0.15, 0.2) is 12.2 Å². The van der Waals surface area contributed by atoms with Gasteiger partial charge < -0.3 is 5.11 Å². The van der Waals surface area contributed by atoms with Crippen molar-refractivity contribution < 1.29 is 9.90 Å². The molecule has 2 atom stereocenters. The topological polar surface area (TPSA) is 37.3 Å². The molecule has 0 radical (unpaired) electrons. The Morgan fingerprint density at radius 1 is 1.43 bits per heavy atom. The van der Waals surface area contributed by atoms with Gasteiger partial charge in [-0.3, -0.25) is 4.79 Å². The molecular weight excluding hydrogens is 176 g/mol. The molecular formula is C12H20O2. The second-order valence-electron chi connectivity index (χ2n) is 4.17. The Labute approximate surface area is 86.0 Å². The number of allylic oxidation sites excluding steroid dienone is 2. The Morgan fingerprint density at radius 3 is 2.79 bits per heavy atom. The maximum atomic E-state index is 10.5. The highest BCUT2D eigenvalue weighted by molar-refractivity contribution is 5.66. The van der Waals surface area contributed by atoms with Gasteiger partial charge in [-0.15, -0.1) is 0 Å². The molecule has 0 spiro atoms. The van der Waals surface area contributed by atoms with Crippen LogP contribution >= 0.6 is 0 Å². The van der Waals surface area contributed by atoms with Crippen molar-refractivity contribution in [1.82, 2.24) is 0 Å². The Kier molecular flexibility index (Phi) is 4.71. The number of rotatable bonds is 4. The fourth-order valence-corrected chi connectivity index (χ4v) is 2.40. The number of aliphatic carboxylic acids is 1. The zero-order chi connectivity index (χ0) is 10.4. The number of carboxylic acid groups (broad SMARTS) is 1. The van der Waals surface area contributed by atoms with E-state index in [0.29, 0.717) is 18.3 Å². The molecule has 1 aliphatic rings. The van der Waals surface area contributed by atoms with Crippen LogP contribution in [0.4, 0.5) is 0 Å². The summed E-state index contributed by atoms with van der Waals surface area (Å²) in [6.45, 7) is 2.04. The van der Waals surface area contributed by atoms with E-state index in [9.17, 15) is 4.79 Å². The molecule has 1 fully saturated rings. The van der Waals surface area contributed by atoms with Crippen LogP contribution < -0.4 is 0 Å². The van der Waals surface area contributed by atoms with Crippen LogP contribution in [0.1, 0.15) is 45.4 Å². The standard InChI is InChI=1S/C12H20O2/c1-2-5-10-6-3-4-7-11(10)8-9-12(13)14/h2,5,10-11H,3-4,6-9H2,1H3,(H,13,14)/b5-2-. The summed E-state index contributed by atoms with van der Waals surface area (Å²) in [5.41, 5.74) is 0. The zero-order valence-corrected chi connectivity index (χ0v) is 8.91. The van der Waals surface area contributed by atoms with Crippen molar-refractivity contribution in [3.63, 3.8) is 0 Å². The van der Waals surface area contributed by atoms with E-state index in [0.717, 1.165) is 6.42 Å². The highest BCUT2D eigenvalue weighted by Crippen LogP contribution is 2.33. The molecule has 0 amide bonds. The van der Waals surface area contributed by atoms with E-state index in [2.05, 4.69) is 12.2 Å². The second kappa shape index (κ2) is 5.84. The highest BCUT2D eigenvalue weighted by atomic mass is 16.4. The summed E-state index contributed by atoms with van der Waals surface area (Å²) in [6, 6.07) is 0. The van der Waals surface area contributed by atoms with Gasteiger partial charge in [0.15, 0.2) is 0 Å². The van der Waals surface area contributed by atoms with E-state index < -0.39 is 5.97 Å². The molecule has 1 rings (SSSR count). The van der Waals surface area contributed by atoms with Crippen molar-refractivity contribution in [2.45, 2.75) is 45.4 Å². The van der Waals surface area contributed by atoms with Gasteiger partial charge in [0.05, 0.1) is 0 Å². The normalized spacial score (nSPS) is 28.1. The third kappa shape index (κ3) is 3.52. The smallest absolute Gasteiger partial charge is 0.303 e. The monoisotopic (exact) mass is 196 g/mol. The van der Waals surface area contributed by atoms with Crippen LogP contribution in [0, 0.1) is 11.8 Å². The first-order valence-corrected chi connectivity index (χ1v) is 5.58. The maximum Gasteiger partial charge on any atom is 0.303 e. The SMILES string of the molecule is C/C=C\C1CCCCC1CCC(=O)O. The molecule has 0 heterocycles. The molecule has 2 unspecified atom stereocenters. The number of hydrogen-bond donors (Lipinski definition) is 1. The lowest BCUT2D eigenvalue weighted by Crippen LogP contribution is -2.18. The quantitative estimate of drug-likeness (QED) is 0.701. The summed E-state index contributed by atoms with van der Waals surface area (Å²) in [4.78, 5) is 10.5. The Balaban J connectivity index is 2.41. The third-order valence-corrected chi connectivity index (χ3v) is 3.14. The lowest BCUT2D eigenvalue weighted by atomic mass is 9.77. The summed E-state index contributed by atoms with van der Waals surface area (Å²) < 4.78 is 0. The van der Waals surface area contributed by atoms with Crippen LogP contribution in [0.5, 0.6) is 0 Å². The van der Waals surface area contributed by atoms with Gasteiger partial charge in [-0.1, -0.05) is 25.0 Å². The lowest BCUT2D eigenvalue weighted by molar-refractivity contribution is -0.137. The van der Waals surface area contributed by atoms with E-state index in [1.807, 2.05) is 6.92 Å². The minimum atomic E-state index is -0.658. The fraction of sp³-hybridized carbons (Fsp3) is 0.750. The molecule has 1 N–H and O–H groups in total. The molecule has 0 aliphatic heterocycles. The van der Waals surface area contributed by atoms with Gasteiger partial charge in [-0.05, 0) is 38.0 Å². The first-order valence-electron chi connectivity index (χ1n) is 5.58. The van der Waals surface area contributed by atoms with E-state index in [-0.39, 0.29) is 0 Å². The van der Waals surface area contributed by atoms with Gasteiger partial charge in [0.25, 0.3) is 0 Å². The van der Waals surface area contributed by atoms with Crippen LogP contribution in [-0.2, 0) is 4.79 Å². The van der Waals surface area contributed by atoms with Crippen molar-refractivity contribution in [2.75, 3.05) is 0 Å². The summed E-state index contributed by atoms with van der Waals surface area (Å²) >= 11 is 0. The van der Waals surface area contributed by atoms with Gasteiger partial charge >= 0.3 is 5.97 Å². The Bertz CT molecular complexity index is 208. The van der Waals surface area contributed by atoms with Gasteiger partial charge in [0, 0.05) is 6.42 Å². The van der Waals surface area contributed by atoms with Crippen molar-refractivity contribution in [2.24, 2.45) is 11.8 Å². The zero-order valence-electron chi connectivity index (χ0n) is 8.91. The summed E-state index contributed by atoms with van der Waals surface area (Å²) in [5, 5.41) is 8.64. The number of hydrogen-bond acceptors (Lipinski definition) is 1. The van der Waals surface area contributed by atoms with Crippen LogP contribution in [-0.4, -0.2) is 11.1 Å². The number of carboxylic acids is 1. The van der Waals surface area contributed by atoms with Crippen LogP contribution in [0.3, 0.4) is 0 Å². The van der Waals surface area contributed by atoms with Crippen LogP contribution in [0.25, 0.3) is 0 Å². The molecule has 0 bridgehead atoms. The molecule has 0 aromatic carbocycles. The molecule has 0 saturated heterocycles. The Hall–Kier alpha value is -0.790. The number of carbonyl (C=O) groups is 1. The minimum absolute atomic E-state index is 0.332. The third-order valence-electron chi connectivity index (χ3n) is 3.14. The molecule has 2 nitrogen and oxygen atoms in total. The average molecular weight is 196 g/mol.